The maximum atomic E-state index is 13.2. The number of carbonyl (C=O) groups is 4. The molecule has 2 rings (SSSR count). The summed E-state index contributed by atoms with van der Waals surface area (Å²) in [5.74, 6) is -1.89. The van der Waals surface area contributed by atoms with E-state index in [1.165, 1.54) is 51.4 Å². The molecule has 0 unspecified atom stereocenters. The Bertz CT molecular complexity index is 1130. The predicted octanol–water partition coefficient (Wildman–Crippen LogP) is 0.427. The van der Waals surface area contributed by atoms with Crippen LogP contribution in [-0.2, 0) is 27.4 Å². The summed E-state index contributed by atoms with van der Waals surface area (Å²) < 4.78 is 35.4. The molecule has 0 spiro atoms. The van der Waals surface area contributed by atoms with Crippen molar-refractivity contribution in [1.29, 1.82) is 0 Å². The molecule has 0 atom stereocenters. The quantitative estimate of drug-likeness (QED) is 0.358. The van der Waals surface area contributed by atoms with Crippen molar-refractivity contribution in [3.05, 3.63) is 70.3 Å². The van der Waals surface area contributed by atoms with Gasteiger partial charge in [0.2, 0.25) is 0 Å². The van der Waals surface area contributed by atoms with Crippen molar-refractivity contribution in [2.45, 2.75) is 53.3 Å². The number of nitrogens with two attached hydrogens (primary N) is 1. The van der Waals surface area contributed by atoms with Gasteiger partial charge in [0.25, 0.3) is 11.8 Å². The average molecular weight is 588 g/mol. The van der Waals surface area contributed by atoms with Gasteiger partial charge in [0.15, 0.2) is 0 Å². The van der Waals surface area contributed by atoms with E-state index in [9.17, 15) is 28.0 Å². The Morgan fingerprint density at radius 1 is 0.875 bits per heavy atom. The minimum absolute atomic E-state index is 0. The first-order valence-corrected chi connectivity index (χ1v) is 12.0. The number of halogens is 3. The van der Waals surface area contributed by atoms with E-state index >= 15 is 0 Å². The highest BCUT2D eigenvalue weighted by molar-refractivity contribution is 5.96. The second-order valence-corrected chi connectivity index (χ2v) is 8.75. The fraction of sp³-hybridized carbons (Fsp3) is 0.407. The average Bonchev–Trinajstić information content (AvgIpc) is 2.86. The van der Waals surface area contributed by atoms with Gasteiger partial charge in [-0.15, -0.1) is 0 Å². The molecule has 40 heavy (non-hydrogen) atoms. The minimum Gasteiger partial charge on any atom is -1.00 e. The van der Waals surface area contributed by atoms with Gasteiger partial charge in [-0.25, -0.2) is 13.6 Å². The van der Waals surface area contributed by atoms with Crippen LogP contribution in [0.2, 0.25) is 0 Å². The number of ether oxygens (including phenoxy) is 2. The summed E-state index contributed by atoms with van der Waals surface area (Å²) in [6.45, 7) is 9.21. The highest BCUT2D eigenvalue weighted by atomic mass is 35.5. The first-order valence-electron chi connectivity index (χ1n) is 12.0. The lowest BCUT2D eigenvalue weighted by molar-refractivity contribution is -0.140. The number of rotatable bonds is 6. The molecule has 0 fully saturated rings. The molecule has 0 aliphatic rings. The zero-order valence-corrected chi connectivity index (χ0v) is 24.5. The van der Waals surface area contributed by atoms with E-state index < -0.39 is 29.2 Å². The molecule has 224 valence electrons. The van der Waals surface area contributed by atoms with Crippen LogP contribution in [0, 0.1) is 11.6 Å². The van der Waals surface area contributed by atoms with E-state index in [2.05, 4.69) is 20.7 Å². The second kappa shape index (κ2) is 19.3. The molecule has 0 heterocycles. The van der Waals surface area contributed by atoms with Crippen molar-refractivity contribution >= 4 is 23.9 Å². The molecule has 0 saturated heterocycles. The molecular formula is C27H38ClF2N4O6-. The molecular weight excluding hydrogens is 550 g/mol. The maximum Gasteiger partial charge on any atom is 0.407 e. The van der Waals surface area contributed by atoms with Crippen molar-refractivity contribution in [3.63, 3.8) is 0 Å². The SMILES string of the molecule is CCOC(C)=O.CNC(=O)c1cc(F)ccc1CN.CNC(=O)c1cc(F)ccc1CNC(=O)OC(C)(C)C.[Cl-]. The summed E-state index contributed by atoms with van der Waals surface area (Å²) in [6.07, 6.45) is -0.593. The van der Waals surface area contributed by atoms with Crippen molar-refractivity contribution in [3.8, 4) is 0 Å². The normalized spacial score (nSPS) is 9.75. The van der Waals surface area contributed by atoms with Crippen LogP contribution in [0.25, 0.3) is 0 Å². The van der Waals surface area contributed by atoms with Gasteiger partial charge in [-0.05, 0) is 63.1 Å². The molecule has 10 nitrogen and oxygen atoms in total. The van der Waals surface area contributed by atoms with Crippen LogP contribution in [0.3, 0.4) is 0 Å². The standard InChI is InChI=1S/C14H19FN2O3.C9H11FN2O.C4H8O2.ClH/c1-14(2,3)20-13(19)17-8-9-5-6-10(15)7-11(9)12(18)16-4;1-12-9(13)8-4-7(10)3-2-6(8)5-11;1-3-6-4(2)5;/h5-7H,8H2,1-4H3,(H,16,18)(H,17,19);2-4H,5,11H2,1H3,(H,12,13);3H2,1-2H3;1H/p-1. The summed E-state index contributed by atoms with van der Waals surface area (Å²) in [5, 5.41) is 7.38. The summed E-state index contributed by atoms with van der Waals surface area (Å²) in [7, 11) is 2.95. The molecule has 0 radical (unpaired) electrons. The van der Waals surface area contributed by atoms with Crippen molar-refractivity contribution < 1.29 is 49.8 Å². The Labute approximate surface area is 239 Å². The highest BCUT2D eigenvalue weighted by Crippen LogP contribution is 2.13. The Morgan fingerprint density at radius 3 is 1.68 bits per heavy atom. The van der Waals surface area contributed by atoms with Gasteiger partial charge in [0, 0.05) is 45.2 Å². The van der Waals surface area contributed by atoms with E-state index in [0.717, 1.165) is 6.07 Å². The van der Waals surface area contributed by atoms with Gasteiger partial charge in [-0.1, -0.05) is 12.1 Å². The van der Waals surface area contributed by atoms with Gasteiger partial charge in [0.1, 0.15) is 17.2 Å². The molecule has 0 saturated carbocycles. The number of hydrogen-bond donors (Lipinski definition) is 4. The van der Waals surface area contributed by atoms with E-state index in [1.54, 1.807) is 27.7 Å². The van der Waals surface area contributed by atoms with Gasteiger partial charge in [-0.3, -0.25) is 14.4 Å². The summed E-state index contributed by atoms with van der Waals surface area (Å²) in [5.41, 5.74) is 6.42. The van der Waals surface area contributed by atoms with E-state index in [4.69, 9.17) is 10.5 Å². The molecule has 3 amide bonds. The van der Waals surface area contributed by atoms with Crippen LogP contribution in [0.4, 0.5) is 13.6 Å². The van der Waals surface area contributed by atoms with Crippen LogP contribution in [0.15, 0.2) is 36.4 Å². The monoisotopic (exact) mass is 587 g/mol. The summed E-state index contributed by atoms with van der Waals surface area (Å²) in [4.78, 5) is 44.2. The fourth-order valence-electron chi connectivity index (χ4n) is 2.81. The number of alkyl carbamates (subject to hydrolysis) is 1. The Kier molecular flexibility index (Phi) is 18.5. The third-order valence-electron chi connectivity index (χ3n) is 4.48. The molecule has 2 aromatic carbocycles. The zero-order chi connectivity index (χ0) is 30.2. The largest absolute Gasteiger partial charge is 1.00 e. The lowest BCUT2D eigenvalue weighted by Gasteiger charge is -2.20. The van der Waals surface area contributed by atoms with Crippen LogP contribution >= 0.6 is 0 Å². The number of benzene rings is 2. The first-order chi connectivity index (χ1) is 18.2. The van der Waals surface area contributed by atoms with Crippen LogP contribution in [0.1, 0.15) is 66.5 Å². The number of hydrogen-bond acceptors (Lipinski definition) is 7. The Hall–Kier alpha value is -3.77. The lowest BCUT2D eigenvalue weighted by atomic mass is 10.1. The maximum absolute atomic E-state index is 13.2. The summed E-state index contributed by atoms with van der Waals surface area (Å²) in [6, 6.07) is 7.80. The van der Waals surface area contributed by atoms with Gasteiger partial charge >= 0.3 is 12.1 Å². The first kappa shape index (κ1) is 38.4. The van der Waals surface area contributed by atoms with Gasteiger partial charge in [-0.2, -0.15) is 0 Å². The van der Waals surface area contributed by atoms with Gasteiger partial charge in [0.05, 0.1) is 6.61 Å². The zero-order valence-electron chi connectivity index (χ0n) is 23.7. The molecule has 2 aromatic rings. The number of nitrogens with one attached hydrogen (secondary N) is 3. The Balaban J connectivity index is 0. The number of amides is 3. The van der Waals surface area contributed by atoms with Crippen molar-refractivity contribution in [2.75, 3.05) is 20.7 Å². The smallest absolute Gasteiger partial charge is 0.407 e. The molecule has 0 aliphatic heterocycles. The third kappa shape index (κ3) is 15.6. The third-order valence-corrected chi connectivity index (χ3v) is 4.48. The number of esters is 1. The number of carbonyl (C=O) groups excluding carboxylic acids is 4. The van der Waals surface area contributed by atoms with Crippen LogP contribution in [0.5, 0.6) is 0 Å². The fourth-order valence-corrected chi connectivity index (χ4v) is 2.81. The molecule has 5 N–H and O–H groups in total. The highest BCUT2D eigenvalue weighted by Gasteiger charge is 2.17. The molecule has 13 heteroatoms. The van der Waals surface area contributed by atoms with E-state index in [-0.39, 0.29) is 42.9 Å². The summed E-state index contributed by atoms with van der Waals surface area (Å²) >= 11 is 0. The van der Waals surface area contributed by atoms with E-state index in [0.29, 0.717) is 23.3 Å². The van der Waals surface area contributed by atoms with Gasteiger partial charge < -0.3 is 43.6 Å². The molecule has 0 aromatic heterocycles. The Morgan fingerprint density at radius 2 is 1.32 bits per heavy atom. The van der Waals surface area contributed by atoms with Crippen LogP contribution in [-0.4, -0.2) is 50.2 Å². The van der Waals surface area contributed by atoms with Crippen molar-refractivity contribution in [2.24, 2.45) is 5.73 Å². The molecule has 0 bridgehead atoms. The van der Waals surface area contributed by atoms with E-state index in [1.807, 2.05) is 0 Å². The lowest BCUT2D eigenvalue weighted by Crippen LogP contribution is -3.00. The predicted molar refractivity (Wildman–Crippen MR) is 143 cm³/mol. The van der Waals surface area contributed by atoms with Crippen LogP contribution < -0.4 is 34.1 Å². The molecule has 0 aliphatic carbocycles. The second-order valence-electron chi connectivity index (χ2n) is 8.75. The topological polar surface area (TPSA) is 149 Å². The minimum atomic E-state index is -0.601. The van der Waals surface area contributed by atoms with Crippen molar-refractivity contribution in [1.82, 2.24) is 16.0 Å².